The van der Waals surface area contributed by atoms with Crippen molar-refractivity contribution in [2.24, 2.45) is 0 Å². The van der Waals surface area contributed by atoms with Gasteiger partial charge >= 0.3 is 0 Å². The summed E-state index contributed by atoms with van der Waals surface area (Å²) in [6.45, 7) is 5.33. The Hall–Kier alpha value is -0.610. The first-order chi connectivity index (χ1) is 5.35. The molecule has 4 nitrogen and oxygen atoms in total. The third-order valence-electron chi connectivity index (χ3n) is 1.56. The summed E-state index contributed by atoms with van der Waals surface area (Å²) in [6, 6.07) is 0. The van der Waals surface area contributed by atoms with Gasteiger partial charge in [-0.25, -0.2) is 0 Å². The van der Waals surface area contributed by atoms with Crippen molar-refractivity contribution in [3.8, 4) is 0 Å². The zero-order valence-corrected chi connectivity index (χ0v) is 8.33. The molecule has 0 bridgehead atoms. The number of carboxylic acid groups (broad SMARTS) is 1. The summed E-state index contributed by atoms with van der Waals surface area (Å²) in [4.78, 5) is 8.89. The molecular weight excluding hydrogens is 158 g/mol. The Kier molecular flexibility index (Phi) is 8.21. The molecule has 0 spiro atoms. The molecule has 0 aliphatic carbocycles. The van der Waals surface area contributed by atoms with Gasteiger partial charge in [-0.3, -0.25) is 0 Å². The third kappa shape index (κ3) is 16.2. The third-order valence-corrected chi connectivity index (χ3v) is 1.56. The number of carbonyl (C=O) groups excluding carboxylic acids is 1. The van der Waals surface area contributed by atoms with Crippen LogP contribution in [0, 0.1) is 0 Å². The van der Waals surface area contributed by atoms with E-state index < -0.39 is 5.97 Å². The molecule has 0 saturated carbocycles. The molecule has 0 unspecified atom stereocenters. The summed E-state index contributed by atoms with van der Waals surface area (Å²) < 4.78 is 0.913. The van der Waals surface area contributed by atoms with E-state index in [4.69, 9.17) is 15.0 Å². The largest absolute Gasteiger partial charge is 0.550 e. The minimum atomic E-state index is -1.08. The zero-order chi connectivity index (χ0) is 10.2. The maximum absolute atomic E-state index is 8.89. The molecule has 74 valence electrons. The summed E-state index contributed by atoms with van der Waals surface area (Å²) in [5.74, 6) is -1.08. The molecule has 0 radical (unpaired) electrons. The Morgan fingerprint density at radius 2 is 1.83 bits per heavy atom. The van der Waals surface area contributed by atoms with Crippen molar-refractivity contribution < 1.29 is 19.5 Å². The second kappa shape index (κ2) is 7.06. The molecule has 0 rings (SSSR count). The molecule has 0 fully saturated rings. The molecule has 0 aromatic rings. The van der Waals surface area contributed by atoms with Crippen LogP contribution in [-0.4, -0.2) is 49.4 Å². The van der Waals surface area contributed by atoms with Crippen LogP contribution in [0.3, 0.4) is 0 Å². The zero-order valence-electron chi connectivity index (χ0n) is 8.33. The molecule has 0 heterocycles. The first-order valence-corrected chi connectivity index (χ1v) is 3.96. The number of rotatable bonds is 3. The molecule has 1 N–H and O–H groups in total. The minimum absolute atomic E-state index is 0.292. The quantitative estimate of drug-likeness (QED) is 0.553. The maximum atomic E-state index is 8.89. The average molecular weight is 177 g/mol. The SMILES string of the molecule is CC(=O)[O-].CC[N+](C)(C)CCO. The van der Waals surface area contributed by atoms with Gasteiger partial charge in [-0.1, -0.05) is 0 Å². The Morgan fingerprint density at radius 1 is 1.50 bits per heavy atom. The highest BCUT2D eigenvalue weighted by atomic mass is 16.4. The Bertz CT molecular complexity index is 119. The second-order valence-electron chi connectivity index (χ2n) is 3.19. The normalized spacial score (nSPS) is 10.1. The van der Waals surface area contributed by atoms with Crippen molar-refractivity contribution in [3.05, 3.63) is 0 Å². The van der Waals surface area contributed by atoms with Gasteiger partial charge in [-0.15, -0.1) is 0 Å². The van der Waals surface area contributed by atoms with Gasteiger partial charge in [0.15, 0.2) is 0 Å². The number of aliphatic carboxylic acids is 1. The van der Waals surface area contributed by atoms with Crippen LogP contribution < -0.4 is 5.11 Å². The van der Waals surface area contributed by atoms with Crippen LogP contribution in [-0.2, 0) is 4.79 Å². The van der Waals surface area contributed by atoms with Gasteiger partial charge in [0.2, 0.25) is 0 Å². The Labute approximate surface area is 74.0 Å². The molecule has 0 saturated heterocycles. The number of quaternary nitrogens is 1. The molecule has 12 heavy (non-hydrogen) atoms. The number of carbonyl (C=O) groups is 1. The van der Waals surface area contributed by atoms with E-state index >= 15 is 0 Å². The smallest absolute Gasteiger partial charge is 0.102 e. The monoisotopic (exact) mass is 177 g/mol. The van der Waals surface area contributed by atoms with Crippen molar-refractivity contribution >= 4 is 5.97 Å². The lowest BCUT2D eigenvalue weighted by atomic mass is 10.5. The fraction of sp³-hybridized carbons (Fsp3) is 0.875. The average Bonchev–Trinajstić information content (AvgIpc) is 1.86. The summed E-state index contributed by atoms with van der Waals surface area (Å²) in [7, 11) is 4.21. The molecule has 0 aliphatic heterocycles. The van der Waals surface area contributed by atoms with Crippen molar-refractivity contribution in [2.75, 3.05) is 33.8 Å². The summed E-state index contributed by atoms with van der Waals surface area (Å²) in [5, 5.41) is 17.4. The molecule has 0 atom stereocenters. The van der Waals surface area contributed by atoms with E-state index in [0.717, 1.165) is 24.5 Å². The van der Waals surface area contributed by atoms with E-state index in [1.165, 1.54) is 0 Å². The van der Waals surface area contributed by atoms with Crippen molar-refractivity contribution in [2.45, 2.75) is 13.8 Å². The topological polar surface area (TPSA) is 60.4 Å². The summed E-state index contributed by atoms with van der Waals surface area (Å²) in [5.41, 5.74) is 0. The molecule has 0 aromatic carbocycles. The first kappa shape index (κ1) is 13.9. The maximum Gasteiger partial charge on any atom is 0.102 e. The van der Waals surface area contributed by atoms with Crippen LogP contribution in [0.5, 0.6) is 0 Å². The number of hydrogen-bond donors (Lipinski definition) is 1. The number of aliphatic hydroxyl groups excluding tert-OH is 1. The van der Waals surface area contributed by atoms with E-state index in [2.05, 4.69) is 21.0 Å². The van der Waals surface area contributed by atoms with E-state index in [-0.39, 0.29) is 0 Å². The van der Waals surface area contributed by atoms with Crippen LogP contribution in [0.25, 0.3) is 0 Å². The molecular formula is C8H19NO3. The molecule has 4 heteroatoms. The van der Waals surface area contributed by atoms with Crippen LogP contribution in [0.1, 0.15) is 13.8 Å². The number of nitrogens with zero attached hydrogens (tertiary/aromatic N) is 1. The van der Waals surface area contributed by atoms with Crippen LogP contribution in [0.4, 0.5) is 0 Å². The number of carboxylic acids is 1. The number of hydrogen-bond acceptors (Lipinski definition) is 3. The Morgan fingerprint density at radius 3 is 1.92 bits per heavy atom. The predicted octanol–water partition coefficient (Wildman–Crippen LogP) is -1.17. The molecule has 0 aromatic heterocycles. The van der Waals surface area contributed by atoms with Gasteiger partial charge in [0, 0.05) is 5.97 Å². The fourth-order valence-electron chi connectivity index (χ4n) is 0.429. The van der Waals surface area contributed by atoms with Crippen LogP contribution in [0.15, 0.2) is 0 Å². The highest BCUT2D eigenvalue weighted by molar-refractivity contribution is 5.60. The van der Waals surface area contributed by atoms with Gasteiger partial charge in [-0.05, 0) is 13.8 Å². The lowest BCUT2D eigenvalue weighted by molar-refractivity contribution is -0.888. The molecule has 0 aliphatic rings. The lowest BCUT2D eigenvalue weighted by Gasteiger charge is -2.26. The lowest BCUT2D eigenvalue weighted by Crippen LogP contribution is -2.41. The summed E-state index contributed by atoms with van der Waals surface area (Å²) in [6.07, 6.45) is 0. The second-order valence-corrected chi connectivity index (χ2v) is 3.19. The van der Waals surface area contributed by atoms with Gasteiger partial charge in [0.1, 0.15) is 6.54 Å². The van der Waals surface area contributed by atoms with Crippen LogP contribution in [0.2, 0.25) is 0 Å². The van der Waals surface area contributed by atoms with Crippen molar-refractivity contribution in [3.63, 3.8) is 0 Å². The van der Waals surface area contributed by atoms with E-state index in [9.17, 15) is 0 Å². The van der Waals surface area contributed by atoms with Crippen molar-refractivity contribution in [1.82, 2.24) is 0 Å². The van der Waals surface area contributed by atoms with Crippen molar-refractivity contribution in [1.29, 1.82) is 0 Å². The van der Waals surface area contributed by atoms with Gasteiger partial charge < -0.3 is 19.5 Å². The Balaban J connectivity index is 0. The predicted molar refractivity (Wildman–Crippen MR) is 45.3 cm³/mol. The fourth-order valence-corrected chi connectivity index (χ4v) is 0.429. The highest BCUT2D eigenvalue weighted by Crippen LogP contribution is 1.92. The van der Waals surface area contributed by atoms with E-state index in [0.29, 0.717) is 6.61 Å². The minimum Gasteiger partial charge on any atom is -0.550 e. The van der Waals surface area contributed by atoms with Crippen LogP contribution >= 0.6 is 0 Å². The number of likely N-dealkylation sites (N-methyl/N-ethyl adjacent to an activating group) is 1. The van der Waals surface area contributed by atoms with Gasteiger partial charge in [0.25, 0.3) is 0 Å². The first-order valence-electron chi connectivity index (χ1n) is 3.96. The van der Waals surface area contributed by atoms with E-state index in [1.54, 1.807) is 0 Å². The van der Waals surface area contributed by atoms with Gasteiger partial charge in [0.05, 0.1) is 27.2 Å². The number of aliphatic hydroxyl groups is 1. The highest BCUT2D eigenvalue weighted by Gasteiger charge is 2.08. The van der Waals surface area contributed by atoms with Gasteiger partial charge in [-0.2, -0.15) is 0 Å². The standard InChI is InChI=1S/C6H16NO.C2H4O2/c1-4-7(2,3)5-6-8;1-2(3)4/h8H,4-6H2,1-3H3;1H3,(H,3,4)/q+1;/p-1. The molecule has 0 amide bonds. The van der Waals surface area contributed by atoms with E-state index in [1.807, 2.05) is 0 Å². The summed E-state index contributed by atoms with van der Waals surface area (Å²) >= 11 is 0.